The minimum Gasteiger partial charge on any atom is -0.504 e. The summed E-state index contributed by atoms with van der Waals surface area (Å²) in [5, 5.41) is 20.0. The number of imidazole rings is 1. The molecule has 2 fully saturated rings. The first-order chi connectivity index (χ1) is 16.7. The van der Waals surface area contributed by atoms with Gasteiger partial charge in [-0.3, -0.25) is 4.90 Å². The summed E-state index contributed by atoms with van der Waals surface area (Å²) in [6.07, 6.45) is 8.68. The molecule has 2 aromatic heterocycles. The number of hydrogen-bond acceptors (Lipinski definition) is 8. The third-order valence-electron chi connectivity index (χ3n) is 7.02. The van der Waals surface area contributed by atoms with E-state index >= 15 is 0 Å². The lowest BCUT2D eigenvalue weighted by molar-refractivity contribution is 0.258. The largest absolute Gasteiger partial charge is 0.504 e. The molecule has 34 heavy (non-hydrogen) atoms. The van der Waals surface area contributed by atoms with Gasteiger partial charge in [-0.1, -0.05) is 43.9 Å². The molecule has 0 bridgehead atoms. The molecule has 0 atom stereocenters. The molecule has 0 amide bonds. The predicted molar refractivity (Wildman–Crippen MR) is 139 cm³/mol. The highest BCUT2D eigenvalue weighted by Gasteiger charge is 2.25. The molecule has 2 N–H and O–H groups in total. The van der Waals surface area contributed by atoms with E-state index in [9.17, 15) is 5.11 Å². The van der Waals surface area contributed by atoms with Crippen LogP contribution in [0.1, 0.15) is 51.9 Å². The molecule has 1 aliphatic carbocycles. The summed E-state index contributed by atoms with van der Waals surface area (Å²) >= 11 is 1.65. The number of benzene rings is 1. The lowest BCUT2D eigenvalue weighted by Crippen LogP contribution is -2.46. The maximum absolute atomic E-state index is 10.1. The molecule has 3 aromatic rings. The van der Waals surface area contributed by atoms with Crippen LogP contribution in [0.15, 0.2) is 18.2 Å². The Labute approximate surface area is 205 Å². The van der Waals surface area contributed by atoms with Crippen LogP contribution >= 0.6 is 11.3 Å². The summed E-state index contributed by atoms with van der Waals surface area (Å²) in [7, 11) is 1.57. The normalized spacial score (nSPS) is 18.4. The Morgan fingerprint density at radius 3 is 2.59 bits per heavy atom. The van der Waals surface area contributed by atoms with Gasteiger partial charge < -0.3 is 20.1 Å². The molecular formula is C25H36N6O2S. The van der Waals surface area contributed by atoms with Crippen molar-refractivity contribution in [3.8, 4) is 22.8 Å². The van der Waals surface area contributed by atoms with Gasteiger partial charge in [-0.25, -0.2) is 4.98 Å². The molecule has 5 rings (SSSR count). The molecule has 2 aliphatic rings. The fourth-order valence-electron chi connectivity index (χ4n) is 5.12. The standard InChI is InChI=1S/C25H36N6O2S/c1-3-12-29-13-15-30(16-14-29)25-28-31-23(26-19-8-6-4-5-7-9-19)22(27-24(31)34-25)18-10-11-20(32)21(17-18)33-2/h10-11,17,19,26,32H,3-9,12-16H2,1-2H3. The smallest absolute Gasteiger partial charge is 0.216 e. The zero-order valence-electron chi connectivity index (χ0n) is 20.3. The number of phenols is 1. The summed E-state index contributed by atoms with van der Waals surface area (Å²) in [6, 6.07) is 5.85. The van der Waals surface area contributed by atoms with Crippen LogP contribution in [-0.4, -0.2) is 70.5 Å². The van der Waals surface area contributed by atoms with Crippen molar-refractivity contribution in [3.05, 3.63) is 18.2 Å². The van der Waals surface area contributed by atoms with Crippen molar-refractivity contribution in [1.82, 2.24) is 19.5 Å². The first kappa shape index (κ1) is 23.2. The minimum absolute atomic E-state index is 0.133. The fourth-order valence-corrected chi connectivity index (χ4v) is 6.07. The number of hydrogen-bond donors (Lipinski definition) is 2. The molecule has 9 heteroatoms. The molecule has 0 radical (unpaired) electrons. The number of piperazine rings is 1. The number of phenolic OH excluding ortho intramolecular Hbond substituents is 1. The Hall–Kier alpha value is -2.52. The Bertz CT molecular complexity index is 1100. The number of anilines is 2. The summed E-state index contributed by atoms with van der Waals surface area (Å²) in [4.78, 5) is 10.8. The minimum atomic E-state index is 0.133. The maximum atomic E-state index is 10.1. The van der Waals surface area contributed by atoms with Gasteiger partial charge in [0.15, 0.2) is 17.3 Å². The fraction of sp³-hybridized carbons (Fsp3) is 0.600. The summed E-state index contributed by atoms with van der Waals surface area (Å²) in [6.45, 7) is 7.59. The highest BCUT2D eigenvalue weighted by atomic mass is 32.1. The van der Waals surface area contributed by atoms with Crippen LogP contribution in [0.25, 0.3) is 16.2 Å². The molecule has 1 saturated heterocycles. The second-order valence-corrected chi connectivity index (χ2v) is 10.4. The maximum Gasteiger partial charge on any atom is 0.216 e. The van der Waals surface area contributed by atoms with Gasteiger partial charge in [0.2, 0.25) is 10.1 Å². The van der Waals surface area contributed by atoms with Crippen LogP contribution in [0.4, 0.5) is 10.9 Å². The third kappa shape index (κ3) is 4.81. The monoisotopic (exact) mass is 484 g/mol. The number of nitrogens with one attached hydrogen (secondary N) is 1. The van der Waals surface area contributed by atoms with Gasteiger partial charge in [-0.15, -0.1) is 5.10 Å². The van der Waals surface area contributed by atoms with E-state index in [2.05, 4.69) is 22.0 Å². The molecule has 1 aliphatic heterocycles. The zero-order chi connectivity index (χ0) is 23.5. The molecule has 1 aromatic carbocycles. The SMILES string of the molecule is CCCN1CCN(c2nn3c(NC4CCCCCC4)c(-c4ccc(O)c(OC)c4)nc3s2)CC1. The molecule has 184 valence electrons. The van der Waals surface area contributed by atoms with Crippen molar-refractivity contribution in [3.63, 3.8) is 0 Å². The topological polar surface area (TPSA) is 78.2 Å². The van der Waals surface area contributed by atoms with E-state index in [0.717, 1.165) is 53.3 Å². The van der Waals surface area contributed by atoms with E-state index in [4.69, 9.17) is 14.8 Å². The van der Waals surface area contributed by atoms with Gasteiger partial charge in [-0.05, 0) is 44.0 Å². The van der Waals surface area contributed by atoms with E-state index in [1.165, 1.54) is 51.5 Å². The van der Waals surface area contributed by atoms with E-state index in [-0.39, 0.29) is 5.75 Å². The van der Waals surface area contributed by atoms with E-state index in [0.29, 0.717) is 11.8 Å². The number of aromatic nitrogens is 3. The Morgan fingerprint density at radius 2 is 1.88 bits per heavy atom. The van der Waals surface area contributed by atoms with Crippen molar-refractivity contribution in [2.45, 2.75) is 57.9 Å². The second kappa shape index (κ2) is 10.4. The highest BCUT2D eigenvalue weighted by molar-refractivity contribution is 7.20. The van der Waals surface area contributed by atoms with Crippen LogP contribution in [0.5, 0.6) is 11.5 Å². The summed E-state index contributed by atoms with van der Waals surface area (Å²) < 4.78 is 7.36. The van der Waals surface area contributed by atoms with Crippen LogP contribution in [-0.2, 0) is 0 Å². The molecule has 1 saturated carbocycles. The van der Waals surface area contributed by atoms with Gasteiger partial charge in [-0.2, -0.15) is 4.52 Å². The summed E-state index contributed by atoms with van der Waals surface area (Å²) in [5.41, 5.74) is 1.78. The lowest BCUT2D eigenvalue weighted by Gasteiger charge is -2.34. The lowest BCUT2D eigenvalue weighted by atomic mass is 10.1. The average molecular weight is 485 g/mol. The number of fused-ring (bicyclic) bond motifs is 1. The third-order valence-corrected chi connectivity index (χ3v) is 7.99. The molecule has 3 heterocycles. The van der Waals surface area contributed by atoms with Crippen LogP contribution in [0.2, 0.25) is 0 Å². The zero-order valence-corrected chi connectivity index (χ0v) is 21.1. The second-order valence-electron chi connectivity index (χ2n) is 9.44. The van der Waals surface area contributed by atoms with Crippen molar-refractivity contribution in [1.29, 1.82) is 0 Å². The van der Waals surface area contributed by atoms with Crippen LogP contribution in [0.3, 0.4) is 0 Å². The Morgan fingerprint density at radius 1 is 1.12 bits per heavy atom. The first-order valence-electron chi connectivity index (χ1n) is 12.7. The summed E-state index contributed by atoms with van der Waals surface area (Å²) in [5.74, 6) is 1.53. The molecular weight excluding hydrogens is 448 g/mol. The van der Waals surface area contributed by atoms with Crippen molar-refractivity contribution >= 4 is 27.2 Å². The number of aromatic hydroxyl groups is 1. The van der Waals surface area contributed by atoms with Gasteiger partial charge in [0.1, 0.15) is 5.69 Å². The van der Waals surface area contributed by atoms with Gasteiger partial charge in [0.05, 0.1) is 7.11 Å². The average Bonchev–Trinajstić information content (AvgIpc) is 3.29. The van der Waals surface area contributed by atoms with Crippen LogP contribution in [0, 0.1) is 0 Å². The van der Waals surface area contributed by atoms with E-state index in [1.807, 2.05) is 16.6 Å². The quantitative estimate of drug-likeness (QED) is 0.465. The van der Waals surface area contributed by atoms with Gasteiger partial charge in [0, 0.05) is 37.8 Å². The number of nitrogens with zero attached hydrogens (tertiary/aromatic N) is 5. The predicted octanol–water partition coefficient (Wildman–Crippen LogP) is 4.84. The Balaban J connectivity index is 1.48. The Kier molecular flexibility index (Phi) is 7.10. The highest BCUT2D eigenvalue weighted by Crippen LogP contribution is 2.38. The first-order valence-corrected chi connectivity index (χ1v) is 13.5. The molecule has 0 unspecified atom stereocenters. The molecule has 0 spiro atoms. The number of ether oxygens (including phenoxy) is 1. The van der Waals surface area contributed by atoms with Crippen molar-refractivity contribution in [2.75, 3.05) is 50.1 Å². The van der Waals surface area contributed by atoms with Crippen molar-refractivity contribution < 1.29 is 9.84 Å². The van der Waals surface area contributed by atoms with Gasteiger partial charge >= 0.3 is 0 Å². The number of methoxy groups -OCH3 is 1. The number of rotatable bonds is 7. The van der Waals surface area contributed by atoms with Crippen molar-refractivity contribution in [2.24, 2.45) is 0 Å². The van der Waals surface area contributed by atoms with E-state index in [1.54, 1.807) is 24.5 Å². The van der Waals surface area contributed by atoms with E-state index < -0.39 is 0 Å². The van der Waals surface area contributed by atoms with Crippen LogP contribution < -0.4 is 15.0 Å². The van der Waals surface area contributed by atoms with Gasteiger partial charge in [0.25, 0.3) is 0 Å². The molecule has 8 nitrogen and oxygen atoms in total.